The third-order valence-corrected chi connectivity index (χ3v) is 2.41. The molecule has 0 aromatic carbocycles. The third-order valence-electron chi connectivity index (χ3n) is 2.41. The van der Waals surface area contributed by atoms with Gasteiger partial charge in [0, 0.05) is 26.7 Å². The van der Waals surface area contributed by atoms with Gasteiger partial charge in [-0.25, -0.2) is 0 Å². The lowest BCUT2D eigenvalue weighted by molar-refractivity contribution is -0.117. The van der Waals surface area contributed by atoms with Crippen LogP contribution < -0.4 is 0 Å². The van der Waals surface area contributed by atoms with Crippen molar-refractivity contribution >= 4 is 23.0 Å². The molecule has 0 aromatic heterocycles. The molecule has 0 atom stereocenters. The third kappa shape index (κ3) is 6.30. The van der Waals surface area contributed by atoms with Crippen LogP contribution in [-0.4, -0.2) is 32.6 Å². The summed E-state index contributed by atoms with van der Waals surface area (Å²) in [5.41, 5.74) is 16.9. The summed E-state index contributed by atoms with van der Waals surface area (Å²) in [7, 11) is 0. The first kappa shape index (κ1) is 15.1. The zero-order valence-electron chi connectivity index (χ0n) is 10.1. The molecular formula is C11H16N4O2. The van der Waals surface area contributed by atoms with Crippen molar-refractivity contribution in [2.45, 2.75) is 46.0 Å². The minimum absolute atomic E-state index is 0.101. The van der Waals surface area contributed by atoms with E-state index in [1.54, 1.807) is 0 Å². The molecule has 0 fully saturated rings. The Balaban J connectivity index is 3.74. The summed E-state index contributed by atoms with van der Waals surface area (Å²) in [5, 5.41) is 0. The molecule has 0 aliphatic heterocycles. The van der Waals surface area contributed by atoms with Crippen molar-refractivity contribution in [2.75, 3.05) is 0 Å². The number of carbonyl (C=O) groups excluding carboxylic acids is 2. The van der Waals surface area contributed by atoms with Crippen LogP contribution in [0.1, 0.15) is 46.0 Å². The predicted molar refractivity (Wildman–Crippen MR) is 61.7 cm³/mol. The Morgan fingerprint density at radius 2 is 1.18 bits per heavy atom. The van der Waals surface area contributed by atoms with Gasteiger partial charge in [0.15, 0.2) is 0 Å². The molecule has 17 heavy (non-hydrogen) atoms. The van der Waals surface area contributed by atoms with Gasteiger partial charge in [-0.1, -0.05) is 6.42 Å². The van der Waals surface area contributed by atoms with Crippen molar-refractivity contribution in [3.63, 3.8) is 0 Å². The number of rotatable bonds is 8. The molecule has 0 radical (unpaired) electrons. The maximum Gasteiger partial charge on any atom is 0.331 e. The highest BCUT2D eigenvalue weighted by Crippen LogP contribution is 2.04. The Kier molecular flexibility index (Phi) is 7.35. The largest absolute Gasteiger partial charge is 0.361 e. The first-order valence-electron chi connectivity index (χ1n) is 5.46. The van der Waals surface area contributed by atoms with E-state index in [0.29, 0.717) is 25.7 Å². The van der Waals surface area contributed by atoms with Crippen LogP contribution in [0.15, 0.2) is 0 Å². The molecule has 0 bridgehead atoms. The maximum atomic E-state index is 11.2. The minimum Gasteiger partial charge on any atom is -0.361 e. The van der Waals surface area contributed by atoms with Crippen molar-refractivity contribution in [1.29, 1.82) is 0 Å². The Hall–Kier alpha value is -1.90. The second kappa shape index (κ2) is 8.28. The van der Waals surface area contributed by atoms with Gasteiger partial charge in [0.25, 0.3) is 0 Å². The first-order valence-corrected chi connectivity index (χ1v) is 5.46. The summed E-state index contributed by atoms with van der Waals surface area (Å²) in [4.78, 5) is 28.1. The van der Waals surface area contributed by atoms with Gasteiger partial charge in [0.2, 0.25) is 11.6 Å². The van der Waals surface area contributed by atoms with Gasteiger partial charge in [-0.05, 0) is 12.8 Å². The summed E-state index contributed by atoms with van der Waals surface area (Å²) in [5.74, 6) is -0.376. The van der Waals surface area contributed by atoms with E-state index in [-0.39, 0.29) is 23.0 Å². The van der Waals surface area contributed by atoms with E-state index in [9.17, 15) is 9.59 Å². The van der Waals surface area contributed by atoms with Crippen molar-refractivity contribution in [1.82, 2.24) is 0 Å². The van der Waals surface area contributed by atoms with E-state index >= 15 is 0 Å². The van der Waals surface area contributed by atoms with Crippen LogP contribution >= 0.6 is 0 Å². The predicted octanol–water partition coefficient (Wildman–Crippen LogP) is 1.46. The Labute approximate surface area is 99.9 Å². The van der Waals surface area contributed by atoms with Crippen LogP contribution in [0.5, 0.6) is 0 Å². The molecule has 0 saturated carbocycles. The Morgan fingerprint density at radius 1 is 0.824 bits per heavy atom. The average molecular weight is 236 g/mol. The van der Waals surface area contributed by atoms with E-state index in [0.717, 1.165) is 6.42 Å². The lowest BCUT2D eigenvalue weighted by atomic mass is 10.1. The van der Waals surface area contributed by atoms with Gasteiger partial charge in [-0.15, -0.1) is 0 Å². The van der Waals surface area contributed by atoms with Crippen molar-refractivity contribution in [2.24, 2.45) is 0 Å². The van der Waals surface area contributed by atoms with E-state index in [1.807, 2.05) is 0 Å². The molecule has 0 amide bonds. The molecule has 6 heteroatoms. The van der Waals surface area contributed by atoms with Crippen molar-refractivity contribution < 1.29 is 19.2 Å². The molecule has 0 heterocycles. The highest BCUT2D eigenvalue weighted by molar-refractivity contribution is 6.36. The van der Waals surface area contributed by atoms with E-state index in [4.69, 9.17) is 11.1 Å². The van der Waals surface area contributed by atoms with Crippen LogP contribution in [-0.2, 0) is 9.59 Å². The second-order valence-corrected chi connectivity index (χ2v) is 3.78. The standard InChI is InChI=1S/C11H16N4O2/c1-8(14-12)10(16)6-4-3-5-7-11(17)9(2)15-13/h3-7H2,1-2H3. The molecule has 0 rings (SSSR count). The SMILES string of the molecule is CC(=[N+]=[N-])C(=O)CCCCCC(=O)C(C)=[N+]=[N-]. The molecule has 0 aliphatic rings. The fraction of sp³-hybridized carbons (Fsp3) is 0.636. The second-order valence-electron chi connectivity index (χ2n) is 3.78. The quantitative estimate of drug-likeness (QED) is 0.275. The number of nitrogens with zero attached hydrogens (tertiary/aromatic N) is 4. The number of unbranched alkanes of at least 4 members (excludes halogenated alkanes) is 2. The number of carbonyl (C=O) groups is 2. The highest BCUT2D eigenvalue weighted by atomic mass is 16.1. The maximum absolute atomic E-state index is 11.2. The molecule has 0 unspecified atom stereocenters. The van der Waals surface area contributed by atoms with Gasteiger partial charge in [0.05, 0.1) is 0 Å². The summed E-state index contributed by atoms with van der Waals surface area (Å²) >= 11 is 0. The molecule has 0 spiro atoms. The molecule has 92 valence electrons. The summed E-state index contributed by atoms with van der Waals surface area (Å²) in [6, 6.07) is 0. The zero-order valence-corrected chi connectivity index (χ0v) is 10.1. The molecule has 0 N–H and O–H groups in total. The summed E-state index contributed by atoms with van der Waals surface area (Å²) < 4.78 is 0. The lowest BCUT2D eigenvalue weighted by Gasteiger charge is -1.96. The van der Waals surface area contributed by atoms with Crippen molar-refractivity contribution in [3.05, 3.63) is 11.1 Å². The summed E-state index contributed by atoms with van der Waals surface area (Å²) in [6.45, 7) is 2.90. The van der Waals surface area contributed by atoms with Gasteiger partial charge in [-0.3, -0.25) is 9.59 Å². The van der Waals surface area contributed by atoms with Crippen LogP contribution in [0.2, 0.25) is 0 Å². The van der Waals surface area contributed by atoms with Gasteiger partial charge >= 0.3 is 11.4 Å². The van der Waals surface area contributed by atoms with E-state index in [1.165, 1.54) is 13.8 Å². The molecule has 0 saturated heterocycles. The molecular weight excluding hydrogens is 220 g/mol. The Bertz CT molecular complexity index is 364. The number of hydrogen-bond acceptors (Lipinski definition) is 2. The smallest absolute Gasteiger partial charge is 0.331 e. The molecule has 0 aliphatic carbocycles. The van der Waals surface area contributed by atoms with Crippen LogP contribution in [0.25, 0.3) is 11.1 Å². The van der Waals surface area contributed by atoms with Crippen LogP contribution in [0.3, 0.4) is 0 Å². The zero-order chi connectivity index (χ0) is 13.3. The lowest BCUT2D eigenvalue weighted by Crippen LogP contribution is -2.11. The van der Waals surface area contributed by atoms with Gasteiger partial charge in [-0.2, -0.15) is 9.58 Å². The Morgan fingerprint density at radius 3 is 1.47 bits per heavy atom. The monoisotopic (exact) mass is 236 g/mol. The summed E-state index contributed by atoms with van der Waals surface area (Å²) in [6.07, 6.45) is 2.66. The average Bonchev–Trinajstić information content (AvgIpc) is 2.35. The fourth-order valence-corrected chi connectivity index (χ4v) is 1.22. The van der Waals surface area contributed by atoms with E-state index in [2.05, 4.69) is 9.58 Å². The van der Waals surface area contributed by atoms with Crippen molar-refractivity contribution in [3.8, 4) is 0 Å². The number of Topliss-reactive ketones (excluding diaryl/α,β-unsaturated/α-hetero) is 2. The number of hydrogen-bond donors (Lipinski definition) is 0. The van der Waals surface area contributed by atoms with Crippen LogP contribution in [0, 0.1) is 0 Å². The fourth-order valence-electron chi connectivity index (χ4n) is 1.22. The topological polar surface area (TPSA) is 107 Å². The minimum atomic E-state index is -0.188. The van der Waals surface area contributed by atoms with E-state index < -0.39 is 0 Å². The highest BCUT2D eigenvalue weighted by Gasteiger charge is 2.14. The first-order chi connectivity index (χ1) is 8.02. The molecule has 6 nitrogen and oxygen atoms in total. The van der Waals surface area contributed by atoms with Gasteiger partial charge in [0.1, 0.15) is 0 Å². The molecule has 0 aromatic rings. The number of ketones is 2. The van der Waals surface area contributed by atoms with Gasteiger partial charge < -0.3 is 11.1 Å². The normalized spacial score (nSPS) is 9.06. The van der Waals surface area contributed by atoms with Crippen LogP contribution in [0.4, 0.5) is 0 Å².